The first-order valence-corrected chi connectivity index (χ1v) is 9.68. The van der Waals surface area contributed by atoms with Crippen molar-refractivity contribution >= 4 is 34.8 Å². The maximum atomic E-state index is 12.7. The molecule has 0 spiro atoms. The minimum absolute atomic E-state index is 0.0426. The first-order chi connectivity index (χ1) is 13.6. The van der Waals surface area contributed by atoms with Crippen LogP contribution in [0.5, 0.6) is 0 Å². The van der Waals surface area contributed by atoms with E-state index in [2.05, 4.69) is 5.32 Å². The van der Waals surface area contributed by atoms with E-state index in [1.54, 1.807) is 9.80 Å². The summed E-state index contributed by atoms with van der Waals surface area (Å²) in [6.07, 6.45) is 2.68. The highest BCUT2D eigenvalue weighted by Gasteiger charge is 2.35. The van der Waals surface area contributed by atoms with Gasteiger partial charge in [0.25, 0.3) is 0 Å². The Morgan fingerprint density at radius 2 is 1.68 bits per heavy atom. The summed E-state index contributed by atoms with van der Waals surface area (Å²) in [6, 6.07) is 16.8. The van der Waals surface area contributed by atoms with Crippen LogP contribution < -0.4 is 15.1 Å². The van der Waals surface area contributed by atoms with Crippen LogP contribution in [-0.2, 0) is 14.4 Å². The lowest BCUT2D eigenvalue weighted by molar-refractivity contribution is -0.122. The molecule has 2 aromatic rings. The van der Waals surface area contributed by atoms with E-state index in [0.717, 1.165) is 24.2 Å². The number of para-hydroxylation sites is 1. The minimum atomic E-state index is -0.395. The smallest absolute Gasteiger partial charge is 0.229 e. The fourth-order valence-corrected chi connectivity index (χ4v) is 3.82. The van der Waals surface area contributed by atoms with E-state index in [1.807, 2.05) is 54.6 Å². The Labute approximate surface area is 164 Å². The molecule has 6 heteroatoms. The van der Waals surface area contributed by atoms with Crippen LogP contribution >= 0.6 is 0 Å². The SMILES string of the molecule is O=C(Nc1cccc(N2CCCCC2=O)c1)C1CC(=O)N(c2ccccc2)C1. The third-order valence-electron chi connectivity index (χ3n) is 5.31. The molecule has 0 bridgehead atoms. The number of hydrogen-bond acceptors (Lipinski definition) is 3. The Morgan fingerprint density at radius 3 is 2.46 bits per heavy atom. The number of nitrogens with zero attached hydrogens (tertiary/aromatic N) is 2. The summed E-state index contributed by atoms with van der Waals surface area (Å²) < 4.78 is 0. The van der Waals surface area contributed by atoms with Crippen LogP contribution in [-0.4, -0.2) is 30.8 Å². The highest BCUT2D eigenvalue weighted by atomic mass is 16.2. The molecular formula is C22H23N3O3. The lowest BCUT2D eigenvalue weighted by Crippen LogP contribution is -2.35. The highest BCUT2D eigenvalue weighted by Crippen LogP contribution is 2.27. The number of hydrogen-bond donors (Lipinski definition) is 1. The summed E-state index contributed by atoms with van der Waals surface area (Å²) in [4.78, 5) is 40.6. The van der Waals surface area contributed by atoms with E-state index < -0.39 is 5.92 Å². The molecule has 3 amide bonds. The van der Waals surface area contributed by atoms with Crippen molar-refractivity contribution in [3.63, 3.8) is 0 Å². The topological polar surface area (TPSA) is 69.7 Å². The maximum Gasteiger partial charge on any atom is 0.229 e. The summed E-state index contributed by atoms with van der Waals surface area (Å²) in [5.41, 5.74) is 2.26. The second kappa shape index (κ2) is 7.84. The number of nitrogens with one attached hydrogen (secondary N) is 1. The lowest BCUT2D eigenvalue weighted by Gasteiger charge is -2.27. The number of amides is 3. The predicted octanol–water partition coefficient (Wildman–Crippen LogP) is 3.20. The van der Waals surface area contributed by atoms with Crippen molar-refractivity contribution in [2.45, 2.75) is 25.7 Å². The molecule has 0 aromatic heterocycles. The average molecular weight is 377 g/mol. The average Bonchev–Trinajstić information content (AvgIpc) is 3.11. The zero-order chi connectivity index (χ0) is 19.5. The first kappa shape index (κ1) is 18.2. The van der Waals surface area contributed by atoms with Crippen LogP contribution in [0.3, 0.4) is 0 Å². The molecule has 0 radical (unpaired) electrons. The van der Waals surface area contributed by atoms with Crippen LogP contribution in [0.2, 0.25) is 0 Å². The molecule has 28 heavy (non-hydrogen) atoms. The Bertz CT molecular complexity index is 897. The molecule has 6 nitrogen and oxygen atoms in total. The lowest BCUT2D eigenvalue weighted by atomic mass is 10.1. The fourth-order valence-electron chi connectivity index (χ4n) is 3.82. The zero-order valence-electron chi connectivity index (χ0n) is 15.6. The quantitative estimate of drug-likeness (QED) is 0.890. The Balaban J connectivity index is 1.43. The molecule has 2 aromatic carbocycles. The van der Waals surface area contributed by atoms with E-state index >= 15 is 0 Å². The summed E-state index contributed by atoms with van der Waals surface area (Å²) in [5, 5.41) is 2.91. The van der Waals surface area contributed by atoms with Crippen molar-refractivity contribution in [3.05, 3.63) is 54.6 Å². The summed E-state index contributed by atoms with van der Waals surface area (Å²) in [6.45, 7) is 1.08. The van der Waals surface area contributed by atoms with Crippen molar-refractivity contribution in [2.75, 3.05) is 28.2 Å². The Morgan fingerprint density at radius 1 is 0.893 bits per heavy atom. The molecule has 2 aliphatic heterocycles. The van der Waals surface area contributed by atoms with Crippen molar-refractivity contribution in [2.24, 2.45) is 5.92 Å². The summed E-state index contributed by atoms with van der Waals surface area (Å²) >= 11 is 0. The van der Waals surface area contributed by atoms with Crippen LogP contribution in [0.1, 0.15) is 25.7 Å². The largest absolute Gasteiger partial charge is 0.326 e. The molecule has 2 saturated heterocycles. The molecule has 1 atom stereocenters. The van der Waals surface area contributed by atoms with Gasteiger partial charge in [0.1, 0.15) is 0 Å². The molecule has 0 saturated carbocycles. The normalized spacial score (nSPS) is 19.8. The number of benzene rings is 2. The second-order valence-electron chi connectivity index (χ2n) is 7.28. The van der Waals surface area contributed by atoms with E-state index in [1.165, 1.54) is 0 Å². The molecule has 1 unspecified atom stereocenters. The van der Waals surface area contributed by atoms with Crippen molar-refractivity contribution in [1.29, 1.82) is 0 Å². The Hall–Kier alpha value is -3.15. The van der Waals surface area contributed by atoms with Crippen LogP contribution in [0, 0.1) is 5.92 Å². The standard InChI is InChI=1S/C22H23N3O3/c26-20-11-4-5-12-24(20)19-10-6-7-17(14-19)23-22(28)16-13-21(27)25(15-16)18-8-2-1-3-9-18/h1-3,6-10,14,16H,4-5,11-13,15H2,(H,23,28). The third-order valence-corrected chi connectivity index (χ3v) is 5.31. The van der Waals surface area contributed by atoms with E-state index in [9.17, 15) is 14.4 Å². The van der Waals surface area contributed by atoms with Gasteiger partial charge in [0.15, 0.2) is 0 Å². The molecular weight excluding hydrogens is 354 g/mol. The van der Waals surface area contributed by atoms with Gasteiger partial charge in [0, 0.05) is 43.0 Å². The Kier molecular flexibility index (Phi) is 5.10. The second-order valence-corrected chi connectivity index (χ2v) is 7.28. The molecule has 0 aliphatic carbocycles. The van der Waals surface area contributed by atoms with Crippen LogP contribution in [0.4, 0.5) is 17.1 Å². The van der Waals surface area contributed by atoms with Gasteiger partial charge in [-0.05, 0) is 43.2 Å². The van der Waals surface area contributed by atoms with Crippen molar-refractivity contribution in [3.8, 4) is 0 Å². The van der Waals surface area contributed by atoms with E-state index in [4.69, 9.17) is 0 Å². The van der Waals surface area contributed by atoms with Gasteiger partial charge in [0.2, 0.25) is 17.7 Å². The number of anilines is 3. The van der Waals surface area contributed by atoms with Gasteiger partial charge in [-0.15, -0.1) is 0 Å². The number of carbonyl (C=O) groups is 3. The monoisotopic (exact) mass is 377 g/mol. The molecule has 2 aliphatic rings. The van der Waals surface area contributed by atoms with Gasteiger partial charge in [-0.1, -0.05) is 24.3 Å². The van der Waals surface area contributed by atoms with E-state index in [-0.39, 0.29) is 24.1 Å². The zero-order valence-corrected chi connectivity index (χ0v) is 15.6. The summed E-state index contributed by atoms with van der Waals surface area (Å²) in [7, 11) is 0. The van der Waals surface area contributed by atoms with Gasteiger partial charge >= 0.3 is 0 Å². The van der Waals surface area contributed by atoms with Crippen molar-refractivity contribution in [1.82, 2.24) is 0 Å². The molecule has 1 N–H and O–H groups in total. The molecule has 4 rings (SSSR count). The number of rotatable bonds is 4. The third kappa shape index (κ3) is 3.76. The van der Waals surface area contributed by atoms with Crippen LogP contribution in [0.15, 0.2) is 54.6 Å². The first-order valence-electron chi connectivity index (χ1n) is 9.68. The highest BCUT2D eigenvalue weighted by molar-refractivity contribution is 6.04. The van der Waals surface area contributed by atoms with Gasteiger partial charge in [-0.2, -0.15) is 0 Å². The van der Waals surface area contributed by atoms with Crippen LogP contribution in [0.25, 0.3) is 0 Å². The van der Waals surface area contributed by atoms with E-state index in [0.29, 0.717) is 25.2 Å². The molecule has 2 heterocycles. The van der Waals surface area contributed by atoms with Gasteiger partial charge in [0.05, 0.1) is 5.92 Å². The van der Waals surface area contributed by atoms with Crippen molar-refractivity contribution < 1.29 is 14.4 Å². The molecule has 144 valence electrons. The minimum Gasteiger partial charge on any atom is -0.326 e. The summed E-state index contributed by atoms with van der Waals surface area (Å²) in [5.74, 6) is -0.490. The van der Waals surface area contributed by atoms with Gasteiger partial charge in [-0.3, -0.25) is 14.4 Å². The number of piperidine rings is 1. The fraction of sp³-hybridized carbons (Fsp3) is 0.318. The van der Waals surface area contributed by atoms with Gasteiger partial charge in [-0.25, -0.2) is 0 Å². The van der Waals surface area contributed by atoms with Gasteiger partial charge < -0.3 is 15.1 Å². The maximum absolute atomic E-state index is 12.7. The predicted molar refractivity (Wildman–Crippen MR) is 108 cm³/mol. The molecule has 2 fully saturated rings. The number of carbonyl (C=O) groups excluding carboxylic acids is 3.